The van der Waals surface area contributed by atoms with Crippen molar-refractivity contribution in [2.75, 3.05) is 18.6 Å². The molecule has 0 unspecified atom stereocenters. The van der Waals surface area contributed by atoms with Gasteiger partial charge in [0, 0.05) is 13.5 Å². The van der Waals surface area contributed by atoms with E-state index in [0.29, 0.717) is 6.54 Å². The Bertz CT molecular complexity index is 323. The van der Waals surface area contributed by atoms with Crippen LogP contribution in [0.3, 0.4) is 0 Å². The van der Waals surface area contributed by atoms with Gasteiger partial charge in [-0.1, -0.05) is 12.1 Å². The lowest BCUT2D eigenvalue weighted by Crippen LogP contribution is -2.28. The molecule has 0 aliphatic carbocycles. The zero-order valence-corrected chi connectivity index (χ0v) is 8.78. The van der Waals surface area contributed by atoms with Gasteiger partial charge in [0.1, 0.15) is 5.75 Å². The van der Waals surface area contributed by atoms with E-state index in [-0.39, 0.29) is 5.91 Å². The van der Waals surface area contributed by atoms with Gasteiger partial charge in [0.25, 0.3) is 0 Å². The number of hydrogen-bond donors (Lipinski definition) is 0. The summed E-state index contributed by atoms with van der Waals surface area (Å²) in [7, 11) is 1.60. The molecule has 0 N–H and O–H groups in total. The van der Waals surface area contributed by atoms with E-state index in [0.717, 1.165) is 11.4 Å². The maximum atomic E-state index is 11.3. The molecule has 0 saturated carbocycles. The molecule has 14 heavy (non-hydrogen) atoms. The number of amides is 1. The van der Waals surface area contributed by atoms with Gasteiger partial charge in [-0.15, -0.1) is 0 Å². The highest BCUT2D eigenvalue weighted by Gasteiger charge is 2.12. The summed E-state index contributed by atoms with van der Waals surface area (Å²) in [5.74, 6) is 0.751. The van der Waals surface area contributed by atoms with Crippen LogP contribution in [-0.4, -0.2) is 19.6 Å². The van der Waals surface area contributed by atoms with Gasteiger partial charge in [-0.2, -0.15) is 0 Å². The summed E-state index contributed by atoms with van der Waals surface area (Å²) >= 11 is 0. The molecule has 1 amide bonds. The molecular weight excluding hydrogens is 178 g/mol. The van der Waals surface area contributed by atoms with Gasteiger partial charge in [0.2, 0.25) is 5.91 Å². The van der Waals surface area contributed by atoms with Gasteiger partial charge >= 0.3 is 0 Å². The molecule has 0 atom stereocenters. The van der Waals surface area contributed by atoms with Gasteiger partial charge in [0.15, 0.2) is 0 Å². The Kier molecular flexibility index (Phi) is 3.51. The Hall–Kier alpha value is -1.51. The summed E-state index contributed by atoms with van der Waals surface area (Å²) < 4.78 is 5.18. The van der Waals surface area contributed by atoms with Crippen molar-refractivity contribution in [2.45, 2.75) is 13.8 Å². The van der Waals surface area contributed by atoms with Crippen LogP contribution < -0.4 is 9.64 Å². The van der Waals surface area contributed by atoms with E-state index in [1.165, 1.54) is 0 Å². The van der Waals surface area contributed by atoms with Crippen LogP contribution in [0.4, 0.5) is 5.69 Å². The van der Waals surface area contributed by atoms with E-state index in [1.807, 2.05) is 31.2 Å². The van der Waals surface area contributed by atoms with Crippen molar-refractivity contribution in [3.8, 4) is 5.75 Å². The molecule has 76 valence electrons. The summed E-state index contributed by atoms with van der Waals surface area (Å²) in [6.45, 7) is 4.14. The maximum Gasteiger partial charge on any atom is 0.223 e. The first-order valence-electron chi connectivity index (χ1n) is 4.61. The smallest absolute Gasteiger partial charge is 0.223 e. The van der Waals surface area contributed by atoms with Crippen molar-refractivity contribution in [3.63, 3.8) is 0 Å². The van der Waals surface area contributed by atoms with Gasteiger partial charge in [0.05, 0.1) is 12.8 Å². The number of ether oxygens (including phenoxy) is 1. The predicted molar refractivity (Wildman–Crippen MR) is 56.7 cm³/mol. The summed E-state index contributed by atoms with van der Waals surface area (Å²) in [5, 5.41) is 0. The highest BCUT2D eigenvalue weighted by molar-refractivity contribution is 5.93. The first-order chi connectivity index (χ1) is 6.70. The van der Waals surface area contributed by atoms with Crippen LogP contribution in [0.15, 0.2) is 24.3 Å². The minimum Gasteiger partial charge on any atom is -0.495 e. The summed E-state index contributed by atoms with van der Waals surface area (Å²) in [4.78, 5) is 13.0. The fourth-order valence-electron chi connectivity index (χ4n) is 1.42. The molecule has 3 nitrogen and oxygen atoms in total. The minimum absolute atomic E-state index is 0.0250. The highest BCUT2D eigenvalue weighted by atomic mass is 16.5. The molecule has 0 radical (unpaired) electrons. The van der Waals surface area contributed by atoms with Gasteiger partial charge in [-0.3, -0.25) is 4.79 Å². The lowest BCUT2D eigenvalue weighted by Gasteiger charge is -2.21. The summed E-state index contributed by atoms with van der Waals surface area (Å²) in [5.41, 5.74) is 0.824. The molecule has 0 fully saturated rings. The van der Waals surface area contributed by atoms with Crippen LogP contribution in [0, 0.1) is 0 Å². The molecule has 0 heterocycles. The third-order valence-corrected chi connectivity index (χ3v) is 2.07. The van der Waals surface area contributed by atoms with Gasteiger partial charge < -0.3 is 9.64 Å². The van der Waals surface area contributed by atoms with E-state index >= 15 is 0 Å². The quantitative estimate of drug-likeness (QED) is 0.735. The molecule has 1 aromatic carbocycles. The molecule has 0 spiro atoms. The van der Waals surface area contributed by atoms with Crippen LogP contribution in [-0.2, 0) is 4.79 Å². The van der Waals surface area contributed by atoms with Gasteiger partial charge in [-0.05, 0) is 19.1 Å². The third-order valence-electron chi connectivity index (χ3n) is 2.07. The molecule has 3 heteroatoms. The zero-order valence-electron chi connectivity index (χ0n) is 8.78. The SMILES string of the molecule is CCN(C(C)=O)c1ccccc1OC. The molecule has 0 aliphatic rings. The molecule has 0 aromatic heterocycles. The third kappa shape index (κ3) is 2.05. The number of carbonyl (C=O) groups is 1. The lowest BCUT2D eigenvalue weighted by molar-refractivity contribution is -0.116. The normalized spacial score (nSPS) is 9.64. The first kappa shape index (κ1) is 10.6. The number of hydrogen-bond acceptors (Lipinski definition) is 2. The number of methoxy groups -OCH3 is 1. The van der Waals surface area contributed by atoms with Crippen LogP contribution in [0.2, 0.25) is 0 Å². The second-order valence-electron chi connectivity index (χ2n) is 2.94. The van der Waals surface area contributed by atoms with Crippen molar-refractivity contribution >= 4 is 11.6 Å². The molecular formula is C11H15NO2. The lowest BCUT2D eigenvalue weighted by atomic mass is 10.2. The number of benzene rings is 1. The van der Waals surface area contributed by atoms with Crippen molar-refractivity contribution in [3.05, 3.63) is 24.3 Å². The molecule has 0 bridgehead atoms. The molecule has 1 aromatic rings. The average molecular weight is 193 g/mol. The van der Waals surface area contributed by atoms with E-state index in [2.05, 4.69) is 0 Å². The maximum absolute atomic E-state index is 11.3. The van der Waals surface area contributed by atoms with Crippen molar-refractivity contribution in [1.82, 2.24) is 0 Å². The molecule has 1 rings (SSSR count). The van der Waals surface area contributed by atoms with Crippen molar-refractivity contribution in [2.24, 2.45) is 0 Å². The number of carbonyl (C=O) groups excluding carboxylic acids is 1. The van der Waals surface area contributed by atoms with E-state index in [4.69, 9.17) is 4.74 Å². The monoisotopic (exact) mass is 193 g/mol. The largest absolute Gasteiger partial charge is 0.495 e. The fourth-order valence-corrected chi connectivity index (χ4v) is 1.42. The number of nitrogens with zero attached hydrogens (tertiary/aromatic N) is 1. The summed E-state index contributed by atoms with van der Waals surface area (Å²) in [6.07, 6.45) is 0. The second-order valence-corrected chi connectivity index (χ2v) is 2.94. The van der Waals surface area contributed by atoms with Crippen LogP contribution in [0.1, 0.15) is 13.8 Å². The van der Waals surface area contributed by atoms with E-state index in [1.54, 1.807) is 18.9 Å². The van der Waals surface area contributed by atoms with Crippen LogP contribution in [0.25, 0.3) is 0 Å². The van der Waals surface area contributed by atoms with Crippen LogP contribution >= 0.6 is 0 Å². The number of para-hydroxylation sites is 2. The predicted octanol–water partition coefficient (Wildman–Crippen LogP) is 2.07. The Morgan fingerprint density at radius 2 is 2.07 bits per heavy atom. The Morgan fingerprint density at radius 3 is 2.57 bits per heavy atom. The molecule has 0 saturated heterocycles. The van der Waals surface area contributed by atoms with Crippen LogP contribution in [0.5, 0.6) is 5.75 Å². The van der Waals surface area contributed by atoms with Crippen molar-refractivity contribution < 1.29 is 9.53 Å². The van der Waals surface area contributed by atoms with Crippen molar-refractivity contribution in [1.29, 1.82) is 0 Å². The highest BCUT2D eigenvalue weighted by Crippen LogP contribution is 2.27. The molecule has 0 aliphatic heterocycles. The number of anilines is 1. The fraction of sp³-hybridized carbons (Fsp3) is 0.364. The van der Waals surface area contributed by atoms with Gasteiger partial charge in [-0.25, -0.2) is 0 Å². The average Bonchev–Trinajstić information content (AvgIpc) is 2.19. The van der Waals surface area contributed by atoms with E-state index < -0.39 is 0 Å². The Balaban J connectivity index is 3.08. The first-order valence-corrected chi connectivity index (χ1v) is 4.61. The minimum atomic E-state index is 0.0250. The standard InChI is InChI=1S/C11H15NO2/c1-4-12(9(2)13)10-7-5-6-8-11(10)14-3/h5-8H,4H2,1-3H3. The second kappa shape index (κ2) is 4.65. The topological polar surface area (TPSA) is 29.5 Å². The Labute approximate surface area is 84.3 Å². The Morgan fingerprint density at radius 1 is 1.43 bits per heavy atom. The number of rotatable bonds is 3. The zero-order chi connectivity index (χ0) is 10.6. The van der Waals surface area contributed by atoms with E-state index in [9.17, 15) is 4.79 Å². The summed E-state index contributed by atoms with van der Waals surface area (Å²) in [6, 6.07) is 7.50.